The predicted molar refractivity (Wildman–Crippen MR) is 63.8 cm³/mol. The van der Waals surface area contributed by atoms with Gasteiger partial charge in [0.2, 0.25) is 5.95 Å². The van der Waals surface area contributed by atoms with Crippen LogP contribution in [-0.4, -0.2) is 27.2 Å². The smallest absolute Gasteiger partial charge is 0.239 e. The molecule has 6 nitrogen and oxygen atoms in total. The van der Waals surface area contributed by atoms with Crippen LogP contribution in [-0.2, 0) is 0 Å². The molecule has 1 aromatic rings. The molecular formula is C10H18FN5O. The Kier molecular flexibility index (Phi) is 4.59. The molecule has 0 saturated carbocycles. The van der Waals surface area contributed by atoms with Crippen molar-refractivity contribution in [3.8, 4) is 0 Å². The van der Waals surface area contributed by atoms with Crippen LogP contribution in [0, 0.1) is 5.82 Å². The van der Waals surface area contributed by atoms with Crippen molar-refractivity contribution in [3.05, 3.63) is 12.0 Å². The summed E-state index contributed by atoms with van der Waals surface area (Å²) in [7, 11) is 0. The van der Waals surface area contributed by atoms with E-state index < -0.39 is 11.4 Å². The maximum atomic E-state index is 13.5. The number of rotatable bonds is 6. The Labute approximate surface area is 99.4 Å². The molecule has 0 aromatic carbocycles. The van der Waals surface area contributed by atoms with E-state index in [-0.39, 0.29) is 18.4 Å². The van der Waals surface area contributed by atoms with Crippen LogP contribution in [0.3, 0.4) is 0 Å². The summed E-state index contributed by atoms with van der Waals surface area (Å²) in [6.07, 6.45) is 2.26. The number of hydrogen-bond donors (Lipinski definition) is 4. The lowest BCUT2D eigenvalue weighted by Crippen LogP contribution is -2.36. The largest absolute Gasteiger partial charge is 0.396 e. The summed E-state index contributed by atoms with van der Waals surface area (Å²) in [6.45, 7) is 3.86. The molecule has 17 heavy (non-hydrogen) atoms. The summed E-state index contributed by atoms with van der Waals surface area (Å²) in [5.41, 5.74) is 1.83. The molecule has 1 atom stereocenters. The van der Waals surface area contributed by atoms with E-state index in [9.17, 15) is 4.39 Å². The molecule has 0 aliphatic rings. The molecule has 1 heterocycles. The number of aliphatic hydroxyl groups excluding tert-OH is 1. The zero-order chi connectivity index (χ0) is 12.9. The Morgan fingerprint density at radius 2 is 2.29 bits per heavy atom. The number of hydrogen-bond acceptors (Lipinski definition) is 6. The van der Waals surface area contributed by atoms with Crippen LogP contribution < -0.4 is 16.6 Å². The molecular weight excluding hydrogens is 225 g/mol. The van der Waals surface area contributed by atoms with Gasteiger partial charge in [0, 0.05) is 12.1 Å². The van der Waals surface area contributed by atoms with E-state index in [2.05, 4.69) is 20.7 Å². The van der Waals surface area contributed by atoms with Gasteiger partial charge in [0.1, 0.15) is 0 Å². The molecule has 1 aromatic heterocycles. The third kappa shape index (κ3) is 3.50. The van der Waals surface area contributed by atoms with E-state index in [4.69, 9.17) is 10.9 Å². The number of nitrogen functional groups attached to an aromatic ring is 1. The molecule has 7 heteroatoms. The zero-order valence-corrected chi connectivity index (χ0v) is 10.00. The van der Waals surface area contributed by atoms with Crippen LogP contribution in [0.5, 0.6) is 0 Å². The summed E-state index contributed by atoms with van der Waals surface area (Å²) in [4.78, 5) is 7.54. The Bertz CT molecular complexity index is 376. The molecule has 1 unspecified atom stereocenters. The lowest BCUT2D eigenvalue weighted by atomic mass is 9.95. The van der Waals surface area contributed by atoms with E-state index in [1.807, 2.05) is 13.8 Å². The van der Waals surface area contributed by atoms with Gasteiger partial charge in [-0.1, -0.05) is 6.92 Å². The second kappa shape index (κ2) is 5.74. The number of nitrogens with one attached hydrogen (secondary N) is 2. The normalized spacial score (nSPS) is 14.2. The first kappa shape index (κ1) is 13.6. The molecule has 0 aliphatic carbocycles. The van der Waals surface area contributed by atoms with Gasteiger partial charge in [0.15, 0.2) is 11.6 Å². The van der Waals surface area contributed by atoms with Gasteiger partial charge in [-0.25, -0.2) is 15.2 Å². The Hall–Kier alpha value is -1.47. The Morgan fingerprint density at radius 1 is 1.59 bits per heavy atom. The molecule has 0 bridgehead atoms. The standard InChI is InChI=1S/C10H18FN5O/c1-3-10(2,4-5-17)15-8-7(11)6-13-9(14-8)16-12/h6,17H,3-5,12H2,1-2H3,(H2,13,14,15,16). The van der Waals surface area contributed by atoms with E-state index in [1.54, 1.807) is 0 Å². The lowest BCUT2D eigenvalue weighted by Gasteiger charge is -2.29. The minimum atomic E-state index is -0.554. The van der Waals surface area contributed by atoms with Crippen molar-refractivity contribution in [2.75, 3.05) is 17.3 Å². The summed E-state index contributed by atoms with van der Waals surface area (Å²) in [5, 5.41) is 11.9. The van der Waals surface area contributed by atoms with Crippen molar-refractivity contribution < 1.29 is 9.50 Å². The highest BCUT2D eigenvalue weighted by molar-refractivity contribution is 5.42. The van der Waals surface area contributed by atoms with Gasteiger partial charge >= 0.3 is 0 Å². The summed E-state index contributed by atoms with van der Waals surface area (Å²) in [6, 6.07) is 0. The van der Waals surface area contributed by atoms with E-state index in [1.165, 1.54) is 0 Å². The third-order valence-electron chi connectivity index (χ3n) is 2.74. The average Bonchev–Trinajstić information content (AvgIpc) is 2.32. The van der Waals surface area contributed by atoms with Gasteiger partial charge in [-0.15, -0.1) is 0 Å². The predicted octanol–water partition coefficient (Wildman–Crippen LogP) is 0.864. The maximum absolute atomic E-state index is 13.5. The summed E-state index contributed by atoms with van der Waals surface area (Å²) in [5.74, 6) is 4.81. The monoisotopic (exact) mass is 243 g/mol. The zero-order valence-electron chi connectivity index (χ0n) is 10.00. The van der Waals surface area contributed by atoms with Crippen LogP contribution in [0.15, 0.2) is 6.20 Å². The van der Waals surface area contributed by atoms with Crippen LogP contribution in [0.1, 0.15) is 26.7 Å². The van der Waals surface area contributed by atoms with Crippen molar-refractivity contribution in [3.63, 3.8) is 0 Å². The van der Waals surface area contributed by atoms with Gasteiger partial charge in [-0.05, 0) is 19.8 Å². The number of anilines is 2. The second-order valence-electron chi connectivity index (χ2n) is 4.05. The van der Waals surface area contributed by atoms with Crippen molar-refractivity contribution in [1.82, 2.24) is 9.97 Å². The molecule has 1 rings (SSSR count). The summed E-state index contributed by atoms with van der Waals surface area (Å²) >= 11 is 0. The number of hydrazine groups is 1. The highest BCUT2D eigenvalue weighted by Gasteiger charge is 2.23. The number of nitrogens with two attached hydrogens (primary N) is 1. The van der Waals surface area contributed by atoms with E-state index in [0.717, 1.165) is 12.6 Å². The minimum Gasteiger partial charge on any atom is -0.396 e. The topological polar surface area (TPSA) is 96.1 Å². The summed E-state index contributed by atoms with van der Waals surface area (Å²) < 4.78 is 13.5. The fourth-order valence-corrected chi connectivity index (χ4v) is 1.38. The molecule has 96 valence electrons. The van der Waals surface area contributed by atoms with Crippen LogP contribution in [0.2, 0.25) is 0 Å². The molecule has 0 saturated heterocycles. The van der Waals surface area contributed by atoms with Crippen LogP contribution >= 0.6 is 0 Å². The highest BCUT2D eigenvalue weighted by Crippen LogP contribution is 2.22. The molecule has 0 spiro atoms. The van der Waals surface area contributed by atoms with Crippen LogP contribution in [0.25, 0.3) is 0 Å². The van der Waals surface area contributed by atoms with E-state index >= 15 is 0 Å². The number of aliphatic hydroxyl groups is 1. The lowest BCUT2D eigenvalue weighted by molar-refractivity contribution is 0.251. The Balaban J connectivity index is 2.92. The highest BCUT2D eigenvalue weighted by atomic mass is 19.1. The van der Waals surface area contributed by atoms with Crippen molar-refractivity contribution in [2.45, 2.75) is 32.2 Å². The minimum absolute atomic E-state index is 0.0199. The van der Waals surface area contributed by atoms with Gasteiger partial charge in [0.05, 0.1) is 6.20 Å². The average molecular weight is 243 g/mol. The SMILES string of the molecule is CCC(C)(CCO)Nc1nc(NN)ncc1F. The first-order valence-electron chi connectivity index (χ1n) is 5.43. The maximum Gasteiger partial charge on any atom is 0.239 e. The third-order valence-corrected chi connectivity index (χ3v) is 2.74. The first-order chi connectivity index (χ1) is 8.04. The van der Waals surface area contributed by atoms with Crippen molar-refractivity contribution >= 4 is 11.8 Å². The van der Waals surface area contributed by atoms with Gasteiger partial charge in [-0.3, -0.25) is 5.43 Å². The fraction of sp³-hybridized carbons (Fsp3) is 0.600. The number of nitrogens with zero attached hydrogens (tertiary/aromatic N) is 2. The van der Waals surface area contributed by atoms with Gasteiger partial charge in [0.25, 0.3) is 0 Å². The van der Waals surface area contributed by atoms with E-state index in [0.29, 0.717) is 6.42 Å². The first-order valence-corrected chi connectivity index (χ1v) is 5.43. The molecule has 0 fully saturated rings. The second-order valence-corrected chi connectivity index (χ2v) is 4.05. The molecule has 0 aliphatic heterocycles. The van der Waals surface area contributed by atoms with Crippen LogP contribution in [0.4, 0.5) is 16.2 Å². The fourth-order valence-electron chi connectivity index (χ4n) is 1.38. The van der Waals surface area contributed by atoms with Gasteiger partial charge in [-0.2, -0.15) is 4.98 Å². The molecule has 5 N–H and O–H groups in total. The molecule has 0 amide bonds. The Morgan fingerprint density at radius 3 is 2.82 bits per heavy atom. The van der Waals surface area contributed by atoms with Gasteiger partial charge < -0.3 is 10.4 Å². The quantitative estimate of drug-likeness (QED) is 0.437. The number of aromatic nitrogens is 2. The number of halogens is 1. The molecule has 0 radical (unpaired) electrons. The van der Waals surface area contributed by atoms with Crippen molar-refractivity contribution in [2.24, 2.45) is 5.84 Å². The van der Waals surface area contributed by atoms with Crippen molar-refractivity contribution in [1.29, 1.82) is 0 Å².